The number of amides is 1. The molecule has 8 heteroatoms. The molecular weight excluding hydrogens is 522 g/mol. The number of rotatable bonds is 13. The van der Waals surface area contributed by atoms with Crippen LogP contribution >= 0.6 is 11.8 Å². The maximum Gasteiger partial charge on any atom is 0.326 e. The summed E-state index contributed by atoms with van der Waals surface area (Å²) in [6.45, 7) is 3.49. The first-order chi connectivity index (χ1) is 19.4. The fourth-order valence-electron chi connectivity index (χ4n) is 6.19. The Balaban J connectivity index is 1.62. The van der Waals surface area contributed by atoms with Gasteiger partial charge in [0.15, 0.2) is 0 Å². The molecule has 3 atom stereocenters. The summed E-state index contributed by atoms with van der Waals surface area (Å²) in [6, 6.07) is 14.0. The highest BCUT2D eigenvalue weighted by molar-refractivity contribution is 7.98. The summed E-state index contributed by atoms with van der Waals surface area (Å²) in [6.07, 6.45) is 11.2. The zero-order valence-corrected chi connectivity index (χ0v) is 25.0. The molecule has 2 aliphatic rings. The Kier molecular flexibility index (Phi) is 11.5. The van der Waals surface area contributed by atoms with Gasteiger partial charge in [0.1, 0.15) is 6.04 Å². The molecule has 1 heterocycles. The highest BCUT2D eigenvalue weighted by Gasteiger charge is 2.35. The van der Waals surface area contributed by atoms with Crippen LogP contribution in [0.1, 0.15) is 72.9 Å². The zero-order valence-electron chi connectivity index (χ0n) is 24.2. The number of carbonyl (C=O) groups excluding carboxylic acids is 1. The Hall–Kier alpha value is -2.39. The molecule has 1 unspecified atom stereocenters. The summed E-state index contributed by atoms with van der Waals surface area (Å²) in [5.41, 5.74) is 4.52. The Labute approximate surface area is 243 Å². The number of aryl methyl sites for hydroxylation is 1. The number of carboxylic acid groups (broad SMARTS) is 1. The number of nitrogens with zero attached hydrogens (tertiary/aromatic N) is 1. The Morgan fingerprint density at radius 2 is 1.85 bits per heavy atom. The minimum Gasteiger partial charge on any atom is -0.480 e. The predicted molar refractivity (Wildman–Crippen MR) is 163 cm³/mol. The van der Waals surface area contributed by atoms with Crippen molar-refractivity contribution in [1.82, 2.24) is 15.5 Å². The van der Waals surface area contributed by atoms with E-state index in [2.05, 4.69) is 21.6 Å². The monoisotopic (exact) mass is 567 g/mol. The van der Waals surface area contributed by atoms with E-state index in [0.717, 1.165) is 41.6 Å². The van der Waals surface area contributed by atoms with E-state index >= 15 is 0 Å². The number of hydrogen-bond acceptors (Lipinski definition) is 6. The number of carboxylic acids is 1. The van der Waals surface area contributed by atoms with E-state index in [1.54, 1.807) is 18.9 Å². The van der Waals surface area contributed by atoms with Crippen molar-refractivity contribution in [2.24, 2.45) is 0 Å². The second-order valence-corrected chi connectivity index (χ2v) is 12.2. The third-order valence-electron chi connectivity index (χ3n) is 8.38. The molecule has 3 N–H and O–H groups in total. The van der Waals surface area contributed by atoms with Gasteiger partial charge < -0.3 is 15.2 Å². The number of methoxy groups -OCH3 is 1. The van der Waals surface area contributed by atoms with Gasteiger partial charge in [-0.25, -0.2) is 4.79 Å². The van der Waals surface area contributed by atoms with Crippen molar-refractivity contribution in [3.8, 4) is 11.1 Å². The quantitative estimate of drug-likeness (QED) is 0.296. The number of aliphatic carboxylic acids is 1. The summed E-state index contributed by atoms with van der Waals surface area (Å²) in [5.74, 6) is -0.699. The first-order valence-corrected chi connectivity index (χ1v) is 16.0. The molecule has 0 spiro atoms. The lowest BCUT2D eigenvalue weighted by Crippen LogP contribution is -2.49. The maximum atomic E-state index is 13.5. The lowest BCUT2D eigenvalue weighted by Gasteiger charge is -2.34. The van der Waals surface area contributed by atoms with Crippen molar-refractivity contribution in [1.29, 1.82) is 0 Å². The first kappa shape index (κ1) is 30.6. The van der Waals surface area contributed by atoms with Gasteiger partial charge in [-0.05, 0) is 85.4 Å². The number of carbonyl (C=O) groups is 2. The van der Waals surface area contributed by atoms with Gasteiger partial charge in [-0.3, -0.25) is 15.0 Å². The molecule has 1 aliphatic heterocycles. The fourth-order valence-corrected chi connectivity index (χ4v) is 6.66. The molecule has 0 aromatic heterocycles. The number of hydrogen-bond donors (Lipinski definition) is 3. The molecule has 2 fully saturated rings. The molecule has 7 nitrogen and oxygen atoms in total. The number of likely N-dealkylation sites (tertiary alicyclic amines) is 1. The van der Waals surface area contributed by atoms with Crippen LogP contribution in [-0.4, -0.2) is 71.9 Å². The van der Waals surface area contributed by atoms with Gasteiger partial charge in [-0.15, -0.1) is 0 Å². The van der Waals surface area contributed by atoms with Crippen molar-refractivity contribution in [2.45, 2.75) is 89.1 Å². The third-order valence-corrected chi connectivity index (χ3v) is 9.02. The van der Waals surface area contributed by atoms with Crippen LogP contribution < -0.4 is 10.6 Å². The SMILES string of the molecule is COC[C@@H]1CCC(NC2CCCCC2)N1Cc1ccc(C(=O)N[C@@H](CCSC)C(=O)O)c(-c2ccccc2C)c1. The summed E-state index contributed by atoms with van der Waals surface area (Å²) in [4.78, 5) is 27.9. The van der Waals surface area contributed by atoms with Gasteiger partial charge in [0.2, 0.25) is 0 Å². The van der Waals surface area contributed by atoms with Gasteiger partial charge in [0.25, 0.3) is 5.91 Å². The molecule has 1 saturated heterocycles. The largest absolute Gasteiger partial charge is 0.480 e. The van der Waals surface area contributed by atoms with Crippen molar-refractivity contribution in [3.05, 3.63) is 59.2 Å². The van der Waals surface area contributed by atoms with Crippen LogP contribution in [0.4, 0.5) is 0 Å². The predicted octanol–water partition coefficient (Wildman–Crippen LogP) is 5.46. The second-order valence-electron chi connectivity index (χ2n) is 11.2. The van der Waals surface area contributed by atoms with Gasteiger partial charge in [0.05, 0.1) is 12.8 Å². The summed E-state index contributed by atoms with van der Waals surface area (Å²) >= 11 is 1.57. The lowest BCUT2D eigenvalue weighted by molar-refractivity contribution is -0.139. The van der Waals surface area contributed by atoms with Gasteiger partial charge >= 0.3 is 5.97 Å². The lowest BCUT2D eigenvalue weighted by atomic mass is 9.93. The highest BCUT2D eigenvalue weighted by atomic mass is 32.2. The topological polar surface area (TPSA) is 90.9 Å². The highest BCUT2D eigenvalue weighted by Crippen LogP contribution is 2.32. The molecule has 40 heavy (non-hydrogen) atoms. The van der Waals surface area contributed by atoms with Gasteiger partial charge in [-0.2, -0.15) is 11.8 Å². The number of ether oxygens (including phenoxy) is 1. The van der Waals surface area contributed by atoms with Crippen molar-refractivity contribution in [3.63, 3.8) is 0 Å². The first-order valence-electron chi connectivity index (χ1n) is 14.6. The smallest absolute Gasteiger partial charge is 0.326 e. The van der Waals surface area contributed by atoms with E-state index in [0.29, 0.717) is 42.6 Å². The van der Waals surface area contributed by atoms with Crippen molar-refractivity contribution >= 4 is 23.6 Å². The molecule has 0 radical (unpaired) electrons. The molecule has 1 saturated carbocycles. The molecule has 1 aliphatic carbocycles. The number of benzene rings is 2. The molecular formula is C32H45N3O4S. The van der Waals surface area contributed by atoms with Crippen LogP contribution in [0, 0.1) is 6.92 Å². The summed E-state index contributed by atoms with van der Waals surface area (Å²) in [5, 5.41) is 16.4. The van der Waals surface area contributed by atoms with E-state index in [-0.39, 0.29) is 5.91 Å². The molecule has 218 valence electrons. The Bertz CT molecular complexity index is 1140. The average molecular weight is 568 g/mol. The van der Waals surface area contributed by atoms with E-state index < -0.39 is 12.0 Å². The van der Waals surface area contributed by atoms with Crippen LogP contribution in [0.2, 0.25) is 0 Å². The van der Waals surface area contributed by atoms with Crippen molar-refractivity contribution < 1.29 is 19.4 Å². The standard InChI is InChI=1S/C32H45N3O4S/c1-22-9-7-8-12-26(22)28-19-23(13-15-27(28)31(36)34-29(32(37)38)17-18-40-3)20-35-25(21-39-2)14-16-30(35)33-24-10-5-4-6-11-24/h7-9,12-13,15,19,24-25,29-30,33H,4-6,10-11,14,16-18,20-21H2,1-3H3,(H,34,36)(H,37,38)/t25-,29-,30?/m0/s1. The number of nitrogens with one attached hydrogen (secondary N) is 2. The van der Waals surface area contributed by atoms with Crippen LogP contribution in [0.25, 0.3) is 11.1 Å². The minimum absolute atomic E-state index is 0.306. The summed E-state index contributed by atoms with van der Waals surface area (Å²) in [7, 11) is 1.77. The van der Waals surface area contributed by atoms with Crippen LogP contribution in [0.5, 0.6) is 0 Å². The Morgan fingerprint density at radius 3 is 2.55 bits per heavy atom. The van der Waals surface area contributed by atoms with E-state index in [1.807, 2.05) is 49.6 Å². The molecule has 1 amide bonds. The van der Waals surface area contributed by atoms with Gasteiger partial charge in [-0.1, -0.05) is 49.6 Å². The van der Waals surface area contributed by atoms with Gasteiger partial charge in [0, 0.05) is 31.3 Å². The second kappa shape index (κ2) is 15.0. The fraction of sp³-hybridized carbons (Fsp3) is 0.562. The zero-order chi connectivity index (χ0) is 28.5. The maximum absolute atomic E-state index is 13.5. The van der Waals surface area contributed by atoms with Crippen molar-refractivity contribution in [2.75, 3.05) is 25.7 Å². The van der Waals surface area contributed by atoms with E-state index in [4.69, 9.17) is 4.74 Å². The third kappa shape index (κ3) is 7.87. The molecule has 4 rings (SSSR count). The molecule has 2 aromatic carbocycles. The van der Waals surface area contributed by atoms with Crippen LogP contribution in [0.15, 0.2) is 42.5 Å². The normalized spacial score (nSPS) is 20.9. The minimum atomic E-state index is -1.01. The average Bonchev–Trinajstić information content (AvgIpc) is 3.32. The molecule has 2 aromatic rings. The molecule has 0 bridgehead atoms. The summed E-state index contributed by atoms with van der Waals surface area (Å²) < 4.78 is 5.60. The number of thioether (sulfide) groups is 1. The van der Waals surface area contributed by atoms with Crippen LogP contribution in [0.3, 0.4) is 0 Å². The van der Waals surface area contributed by atoms with E-state index in [1.165, 1.54) is 32.1 Å². The van der Waals surface area contributed by atoms with Crippen LogP contribution in [-0.2, 0) is 16.1 Å². The van der Waals surface area contributed by atoms with E-state index in [9.17, 15) is 14.7 Å². The Morgan fingerprint density at radius 1 is 1.07 bits per heavy atom.